The molecule has 0 aliphatic heterocycles. The molecule has 0 aliphatic rings. The van der Waals surface area contributed by atoms with Crippen LogP contribution in [0.2, 0.25) is 0 Å². The monoisotopic (exact) mass is 522 g/mol. The maximum atomic E-state index is 13.1. The minimum atomic E-state index is -0.384. The van der Waals surface area contributed by atoms with Gasteiger partial charge < -0.3 is 18.9 Å². The number of rotatable bonds is 12. The number of carbonyl (C=O) groups is 2. The van der Waals surface area contributed by atoms with Crippen LogP contribution in [0, 0.1) is 0 Å². The van der Waals surface area contributed by atoms with Crippen LogP contribution in [-0.4, -0.2) is 41.5 Å². The maximum absolute atomic E-state index is 13.1. The standard InChI is InChI=1S/C33H34N2O4/c1-3-38-33(37)17-11-10-16-28-23-35(24-32(36)34(2)21-20-26-12-6-4-7-13-26)31-19-18-29(22-30(28)31)39-25-27-14-8-5-9-15-27/h4-19,22-23H,3,20-21,24-25H2,1-2H3. The predicted octanol–water partition coefficient (Wildman–Crippen LogP) is 6.05. The van der Waals surface area contributed by atoms with Crippen LogP contribution >= 0.6 is 0 Å². The van der Waals surface area contributed by atoms with E-state index in [1.807, 2.05) is 90.6 Å². The van der Waals surface area contributed by atoms with Crippen molar-refractivity contribution in [2.24, 2.45) is 0 Å². The Hall–Kier alpha value is -4.58. The number of hydrogen-bond donors (Lipinski definition) is 0. The summed E-state index contributed by atoms with van der Waals surface area (Å²) in [5.74, 6) is 0.391. The first-order valence-corrected chi connectivity index (χ1v) is 13.1. The van der Waals surface area contributed by atoms with Crippen LogP contribution in [0.1, 0.15) is 23.6 Å². The Kier molecular flexibility index (Phi) is 9.73. The molecular weight excluding hydrogens is 488 g/mol. The van der Waals surface area contributed by atoms with Crippen LogP contribution in [0.15, 0.2) is 103 Å². The van der Waals surface area contributed by atoms with E-state index in [4.69, 9.17) is 9.47 Å². The van der Waals surface area contributed by atoms with Gasteiger partial charge in [0.15, 0.2) is 0 Å². The number of amides is 1. The summed E-state index contributed by atoms with van der Waals surface area (Å²) in [6.45, 7) is 3.43. The molecule has 1 heterocycles. The molecule has 0 radical (unpaired) electrons. The Bertz CT molecular complexity index is 1440. The first-order chi connectivity index (χ1) is 19.0. The summed E-state index contributed by atoms with van der Waals surface area (Å²) in [6, 6.07) is 26.1. The summed E-state index contributed by atoms with van der Waals surface area (Å²) in [4.78, 5) is 26.5. The lowest BCUT2D eigenvalue weighted by Gasteiger charge is -2.18. The fourth-order valence-corrected chi connectivity index (χ4v) is 4.21. The van der Waals surface area contributed by atoms with Gasteiger partial charge in [-0.2, -0.15) is 0 Å². The molecule has 1 aromatic heterocycles. The average molecular weight is 523 g/mol. The molecule has 4 rings (SSSR count). The van der Waals surface area contributed by atoms with Gasteiger partial charge in [-0.1, -0.05) is 78.9 Å². The second kappa shape index (κ2) is 13.8. The Labute approximate surface area is 229 Å². The van der Waals surface area contributed by atoms with E-state index < -0.39 is 0 Å². The highest BCUT2D eigenvalue weighted by atomic mass is 16.5. The maximum Gasteiger partial charge on any atom is 0.330 e. The fourth-order valence-electron chi connectivity index (χ4n) is 4.21. The van der Waals surface area contributed by atoms with Gasteiger partial charge in [-0.15, -0.1) is 0 Å². The second-order valence-corrected chi connectivity index (χ2v) is 9.19. The van der Waals surface area contributed by atoms with Crippen molar-refractivity contribution in [3.8, 4) is 5.75 Å². The van der Waals surface area contributed by atoms with Gasteiger partial charge in [0, 0.05) is 42.3 Å². The average Bonchev–Trinajstić information content (AvgIpc) is 3.30. The van der Waals surface area contributed by atoms with Gasteiger partial charge in [0.1, 0.15) is 18.9 Å². The fraction of sp³-hybridized carbons (Fsp3) is 0.212. The molecule has 0 fully saturated rings. The van der Waals surface area contributed by atoms with Gasteiger partial charge in [0.2, 0.25) is 5.91 Å². The van der Waals surface area contributed by atoms with Gasteiger partial charge in [0.25, 0.3) is 0 Å². The molecule has 0 spiro atoms. The summed E-state index contributed by atoms with van der Waals surface area (Å²) in [5, 5.41) is 0.959. The first kappa shape index (κ1) is 27.5. The summed E-state index contributed by atoms with van der Waals surface area (Å²) in [7, 11) is 1.84. The van der Waals surface area contributed by atoms with Crippen LogP contribution in [0.3, 0.4) is 0 Å². The Morgan fingerprint density at radius 3 is 2.36 bits per heavy atom. The molecule has 0 aliphatic carbocycles. The molecule has 6 heteroatoms. The van der Waals surface area contributed by atoms with Crippen LogP contribution < -0.4 is 4.74 Å². The lowest BCUT2D eigenvalue weighted by molar-refractivity contribution is -0.137. The second-order valence-electron chi connectivity index (χ2n) is 9.19. The van der Waals surface area contributed by atoms with Crippen molar-refractivity contribution < 1.29 is 19.1 Å². The summed E-state index contributed by atoms with van der Waals surface area (Å²) < 4.78 is 13.0. The number of carbonyl (C=O) groups excluding carboxylic acids is 2. The van der Waals surface area contributed by atoms with E-state index in [0.29, 0.717) is 19.8 Å². The molecular formula is C33H34N2O4. The van der Waals surface area contributed by atoms with Gasteiger partial charge in [-0.3, -0.25) is 4.79 Å². The topological polar surface area (TPSA) is 60.8 Å². The van der Waals surface area contributed by atoms with Crippen LogP contribution in [0.5, 0.6) is 5.75 Å². The number of benzene rings is 3. The van der Waals surface area contributed by atoms with Gasteiger partial charge in [-0.25, -0.2) is 4.79 Å². The van der Waals surface area contributed by atoms with Crippen molar-refractivity contribution in [3.05, 3.63) is 120 Å². The molecule has 3 aromatic carbocycles. The number of aromatic nitrogens is 1. The third kappa shape index (κ3) is 7.95. The van der Waals surface area contributed by atoms with E-state index in [1.165, 1.54) is 11.6 Å². The molecule has 0 atom stereocenters. The van der Waals surface area contributed by atoms with E-state index in [1.54, 1.807) is 24.0 Å². The molecule has 6 nitrogen and oxygen atoms in total. The molecule has 0 saturated heterocycles. The van der Waals surface area contributed by atoms with E-state index in [0.717, 1.165) is 34.2 Å². The SMILES string of the molecule is CCOC(=O)C=CC=Cc1cn(CC(=O)N(C)CCc2ccccc2)c2ccc(OCc3ccccc3)cc12. The van der Waals surface area contributed by atoms with E-state index in [-0.39, 0.29) is 18.4 Å². The zero-order valence-electron chi connectivity index (χ0n) is 22.5. The minimum absolute atomic E-state index is 0.0324. The van der Waals surface area contributed by atoms with Crippen LogP contribution in [-0.2, 0) is 33.9 Å². The van der Waals surface area contributed by atoms with E-state index in [9.17, 15) is 9.59 Å². The molecule has 0 unspecified atom stereocenters. The normalized spacial score (nSPS) is 11.3. The minimum Gasteiger partial charge on any atom is -0.489 e. The Balaban J connectivity index is 1.53. The number of esters is 1. The van der Waals surface area contributed by atoms with Gasteiger partial charge in [-0.05, 0) is 42.7 Å². The third-order valence-electron chi connectivity index (χ3n) is 6.35. The number of nitrogens with zero attached hydrogens (tertiary/aromatic N) is 2. The van der Waals surface area contributed by atoms with Crippen molar-refractivity contribution in [2.45, 2.75) is 26.5 Å². The number of allylic oxidation sites excluding steroid dienone is 2. The van der Waals surface area contributed by atoms with Crippen LogP contribution in [0.4, 0.5) is 0 Å². The quantitative estimate of drug-likeness (QED) is 0.129. The molecule has 0 saturated carbocycles. The van der Waals surface area contributed by atoms with Crippen molar-refractivity contribution >= 4 is 28.9 Å². The lowest BCUT2D eigenvalue weighted by Crippen LogP contribution is -2.31. The van der Waals surface area contributed by atoms with Gasteiger partial charge in [0.05, 0.1) is 6.61 Å². The van der Waals surface area contributed by atoms with Crippen LogP contribution in [0.25, 0.3) is 17.0 Å². The van der Waals surface area contributed by atoms with Gasteiger partial charge >= 0.3 is 5.97 Å². The first-order valence-electron chi connectivity index (χ1n) is 13.1. The smallest absolute Gasteiger partial charge is 0.330 e. The summed E-state index contributed by atoms with van der Waals surface area (Å²) in [6.07, 6.45) is 9.51. The van der Waals surface area contributed by atoms with Crippen molar-refractivity contribution in [1.82, 2.24) is 9.47 Å². The third-order valence-corrected chi connectivity index (χ3v) is 6.35. The summed E-state index contributed by atoms with van der Waals surface area (Å²) >= 11 is 0. The number of hydrogen-bond acceptors (Lipinski definition) is 4. The largest absolute Gasteiger partial charge is 0.489 e. The molecule has 1 amide bonds. The number of likely N-dealkylation sites (N-methyl/N-ethyl adjacent to an activating group) is 1. The highest BCUT2D eigenvalue weighted by Gasteiger charge is 2.14. The zero-order chi connectivity index (χ0) is 27.5. The molecule has 0 bridgehead atoms. The van der Waals surface area contributed by atoms with Crippen molar-refractivity contribution in [3.63, 3.8) is 0 Å². The Morgan fingerprint density at radius 1 is 0.923 bits per heavy atom. The highest BCUT2D eigenvalue weighted by molar-refractivity contribution is 5.92. The Morgan fingerprint density at radius 2 is 1.64 bits per heavy atom. The van der Waals surface area contributed by atoms with Crippen molar-refractivity contribution in [1.29, 1.82) is 0 Å². The lowest BCUT2D eigenvalue weighted by atomic mass is 10.1. The number of ether oxygens (including phenoxy) is 2. The number of fused-ring (bicyclic) bond motifs is 1. The zero-order valence-corrected chi connectivity index (χ0v) is 22.5. The van der Waals surface area contributed by atoms with Crippen molar-refractivity contribution in [2.75, 3.05) is 20.2 Å². The molecule has 200 valence electrons. The predicted molar refractivity (Wildman–Crippen MR) is 155 cm³/mol. The summed E-state index contributed by atoms with van der Waals surface area (Å²) in [5.41, 5.74) is 4.14. The highest BCUT2D eigenvalue weighted by Crippen LogP contribution is 2.28. The molecule has 39 heavy (non-hydrogen) atoms. The van der Waals surface area contributed by atoms with E-state index in [2.05, 4.69) is 12.1 Å². The molecule has 4 aromatic rings. The molecule has 0 N–H and O–H groups in total. The van der Waals surface area contributed by atoms with E-state index >= 15 is 0 Å².